The Labute approximate surface area is 153 Å². The fourth-order valence-electron chi connectivity index (χ4n) is 2.42. The Hall–Kier alpha value is -3.02. The lowest BCUT2D eigenvalue weighted by Gasteiger charge is -2.18. The van der Waals surface area contributed by atoms with E-state index < -0.39 is 12.0 Å². The molecule has 6 heteroatoms. The second-order valence-corrected chi connectivity index (χ2v) is 5.64. The van der Waals surface area contributed by atoms with Crippen LogP contribution in [0.1, 0.15) is 12.5 Å². The smallest absolute Gasteiger partial charge is 0.328 e. The number of methoxy groups -OCH3 is 1. The van der Waals surface area contributed by atoms with E-state index in [1.54, 1.807) is 26.2 Å². The van der Waals surface area contributed by atoms with Gasteiger partial charge in [-0.15, -0.1) is 0 Å². The molecule has 2 aromatic carbocycles. The van der Waals surface area contributed by atoms with Gasteiger partial charge in [0.15, 0.2) is 0 Å². The number of hydrogen-bond donors (Lipinski definition) is 2. The predicted molar refractivity (Wildman–Crippen MR) is 100 cm³/mol. The van der Waals surface area contributed by atoms with Crippen LogP contribution in [0.5, 0.6) is 5.75 Å². The first-order valence-corrected chi connectivity index (χ1v) is 8.50. The number of hydrogen-bond acceptors (Lipinski definition) is 5. The lowest BCUT2D eigenvalue weighted by atomic mass is 10.1. The Kier molecular flexibility index (Phi) is 7.49. The Morgan fingerprint density at radius 3 is 2.35 bits per heavy atom. The van der Waals surface area contributed by atoms with Gasteiger partial charge in [0.25, 0.3) is 0 Å². The summed E-state index contributed by atoms with van der Waals surface area (Å²) in [6, 6.07) is 16.0. The molecule has 6 nitrogen and oxygen atoms in total. The molecule has 0 saturated heterocycles. The number of ether oxygens (including phenoxy) is 2. The van der Waals surface area contributed by atoms with Crippen molar-refractivity contribution in [3.8, 4) is 5.75 Å². The van der Waals surface area contributed by atoms with Crippen molar-refractivity contribution >= 4 is 17.6 Å². The molecular weight excluding hydrogens is 332 g/mol. The number of rotatable bonds is 9. The first kappa shape index (κ1) is 19.3. The number of amides is 1. The molecule has 0 bridgehead atoms. The zero-order valence-electron chi connectivity index (χ0n) is 15.0. The minimum absolute atomic E-state index is 0.0526. The average Bonchev–Trinajstić information content (AvgIpc) is 2.67. The van der Waals surface area contributed by atoms with Crippen molar-refractivity contribution in [3.05, 3.63) is 60.2 Å². The highest BCUT2D eigenvalue weighted by atomic mass is 16.5. The monoisotopic (exact) mass is 356 g/mol. The van der Waals surface area contributed by atoms with Gasteiger partial charge in [0.05, 0.1) is 20.3 Å². The van der Waals surface area contributed by atoms with E-state index in [1.165, 1.54) is 0 Å². The molecule has 0 saturated carbocycles. The van der Waals surface area contributed by atoms with Crippen LogP contribution in [0.25, 0.3) is 0 Å². The summed E-state index contributed by atoms with van der Waals surface area (Å²) in [6.07, 6.45) is 0.383. The van der Waals surface area contributed by atoms with Gasteiger partial charge >= 0.3 is 5.97 Å². The zero-order chi connectivity index (χ0) is 18.8. The predicted octanol–water partition coefficient (Wildman–Crippen LogP) is 2.40. The average molecular weight is 356 g/mol. The zero-order valence-corrected chi connectivity index (χ0v) is 15.0. The van der Waals surface area contributed by atoms with Crippen LogP contribution in [0.3, 0.4) is 0 Å². The largest absolute Gasteiger partial charge is 0.497 e. The van der Waals surface area contributed by atoms with Crippen molar-refractivity contribution in [3.63, 3.8) is 0 Å². The molecule has 0 fully saturated rings. The lowest BCUT2D eigenvalue weighted by Crippen LogP contribution is -2.45. The molecule has 0 aliphatic carbocycles. The molecule has 26 heavy (non-hydrogen) atoms. The molecule has 0 aliphatic heterocycles. The van der Waals surface area contributed by atoms with Gasteiger partial charge in [-0.05, 0) is 36.8 Å². The molecule has 0 aromatic heterocycles. The summed E-state index contributed by atoms with van der Waals surface area (Å²) in [5.74, 6) is 0.0224. The maximum absolute atomic E-state index is 12.2. The van der Waals surface area contributed by atoms with Crippen LogP contribution in [0.4, 0.5) is 5.69 Å². The van der Waals surface area contributed by atoms with Crippen LogP contribution in [0.15, 0.2) is 54.6 Å². The summed E-state index contributed by atoms with van der Waals surface area (Å²) in [5, 5.41) is 5.76. The first-order valence-electron chi connectivity index (χ1n) is 8.50. The van der Waals surface area contributed by atoms with Gasteiger partial charge in [0.2, 0.25) is 5.91 Å². The Bertz CT molecular complexity index is 702. The molecule has 2 N–H and O–H groups in total. The van der Waals surface area contributed by atoms with Crippen LogP contribution < -0.4 is 15.4 Å². The molecule has 0 aliphatic rings. The van der Waals surface area contributed by atoms with E-state index in [2.05, 4.69) is 10.6 Å². The molecule has 2 aromatic rings. The molecule has 0 radical (unpaired) electrons. The van der Waals surface area contributed by atoms with Gasteiger partial charge in [0, 0.05) is 12.1 Å². The fraction of sp³-hybridized carbons (Fsp3) is 0.300. The lowest BCUT2D eigenvalue weighted by molar-refractivity contribution is -0.147. The van der Waals surface area contributed by atoms with Gasteiger partial charge in [-0.3, -0.25) is 4.79 Å². The summed E-state index contributed by atoms with van der Waals surface area (Å²) in [5.41, 5.74) is 1.74. The number of nitrogens with one attached hydrogen (secondary N) is 2. The Balaban J connectivity index is 1.92. The van der Waals surface area contributed by atoms with Crippen molar-refractivity contribution in [2.45, 2.75) is 19.4 Å². The molecule has 0 spiro atoms. The van der Waals surface area contributed by atoms with E-state index in [4.69, 9.17) is 9.47 Å². The molecule has 0 unspecified atom stereocenters. The second-order valence-electron chi connectivity index (χ2n) is 5.64. The van der Waals surface area contributed by atoms with Crippen molar-refractivity contribution in [1.82, 2.24) is 5.32 Å². The number of carbonyl (C=O) groups is 2. The third-order valence-electron chi connectivity index (χ3n) is 3.73. The summed E-state index contributed by atoms with van der Waals surface area (Å²) >= 11 is 0. The number of benzene rings is 2. The maximum atomic E-state index is 12.2. The van der Waals surface area contributed by atoms with E-state index in [-0.39, 0.29) is 19.1 Å². The van der Waals surface area contributed by atoms with Crippen LogP contribution in [-0.2, 0) is 20.7 Å². The van der Waals surface area contributed by atoms with Crippen molar-refractivity contribution in [1.29, 1.82) is 0 Å². The van der Waals surface area contributed by atoms with Crippen molar-refractivity contribution in [2.75, 3.05) is 25.6 Å². The van der Waals surface area contributed by atoms with Gasteiger partial charge in [-0.1, -0.05) is 30.3 Å². The van der Waals surface area contributed by atoms with Gasteiger partial charge in [-0.2, -0.15) is 0 Å². The van der Waals surface area contributed by atoms with E-state index in [1.807, 2.05) is 42.5 Å². The summed E-state index contributed by atoms with van der Waals surface area (Å²) in [7, 11) is 1.60. The highest BCUT2D eigenvalue weighted by Crippen LogP contribution is 2.14. The molecule has 1 atom stereocenters. The van der Waals surface area contributed by atoms with Crippen LogP contribution >= 0.6 is 0 Å². The standard InChI is InChI=1S/C20H24N2O4/c1-3-26-20(24)18(13-15-7-5-4-6-8-15)22-19(23)14-21-16-9-11-17(25-2)12-10-16/h4-12,18,21H,3,13-14H2,1-2H3,(H,22,23)/t18-/m0/s1. The minimum Gasteiger partial charge on any atom is -0.497 e. The maximum Gasteiger partial charge on any atom is 0.328 e. The fourth-order valence-corrected chi connectivity index (χ4v) is 2.42. The third kappa shape index (κ3) is 6.12. The van der Waals surface area contributed by atoms with Gasteiger partial charge in [0.1, 0.15) is 11.8 Å². The summed E-state index contributed by atoms with van der Waals surface area (Å²) in [6.45, 7) is 2.06. The molecule has 0 heterocycles. The molecule has 2 rings (SSSR count). The van der Waals surface area contributed by atoms with E-state index >= 15 is 0 Å². The van der Waals surface area contributed by atoms with Crippen molar-refractivity contribution in [2.24, 2.45) is 0 Å². The second kappa shape index (κ2) is 10.1. The van der Waals surface area contributed by atoms with Gasteiger partial charge < -0.3 is 20.1 Å². The Morgan fingerprint density at radius 2 is 1.73 bits per heavy atom. The normalized spacial score (nSPS) is 11.3. The quantitative estimate of drug-likeness (QED) is 0.675. The number of carbonyl (C=O) groups excluding carboxylic acids is 2. The number of esters is 1. The third-order valence-corrected chi connectivity index (χ3v) is 3.73. The highest BCUT2D eigenvalue weighted by Gasteiger charge is 2.22. The highest BCUT2D eigenvalue weighted by molar-refractivity contribution is 5.87. The van der Waals surface area contributed by atoms with Crippen LogP contribution in [-0.4, -0.2) is 38.2 Å². The first-order chi connectivity index (χ1) is 12.6. The van der Waals surface area contributed by atoms with E-state index in [9.17, 15) is 9.59 Å². The SMILES string of the molecule is CCOC(=O)[C@H](Cc1ccccc1)NC(=O)CNc1ccc(OC)cc1. The van der Waals surface area contributed by atoms with E-state index in [0.717, 1.165) is 17.0 Å². The molecule has 1 amide bonds. The minimum atomic E-state index is -0.720. The summed E-state index contributed by atoms with van der Waals surface area (Å²) in [4.78, 5) is 24.4. The van der Waals surface area contributed by atoms with E-state index in [0.29, 0.717) is 6.42 Å². The number of anilines is 1. The van der Waals surface area contributed by atoms with Crippen LogP contribution in [0, 0.1) is 0 Å². The van der Waals surface area contributed by atoms with Crippen molar-refractivity contribution < 1.29 is 19.1 Å². The Morgan fingerprint density at radius 1 is 1.04 bits per heavy atom. The van der Waals surface area contributed by atoms with Crippen LogP contribution in [0.2, 0.25) is 0 Å². The molecular formula is C20H24N2O4. The topological polar surface area (TPSA) is 76.7 Å². The molecule has 138 valence electrons. The summed E-state index contributed by atoms with van der Waals surface area (Å²) < 4.78 is 10.2. The van der Waals surface area contributed by atoms with Gasteiger partial charge in [-0.25, -0.2) is 4.79 Å².